The Hall–Kier alpha value is -1.71. The number of imidazole rings is 1. The van der Waals surface area contributed by atoms with Gasteiger partial charge in [-0.1, -0.05) is 0 Å². The lowest BCUT2D eigenvalue weighted by atomic mass is 10.3. The SMILES string of the molecule is CN(c1nc2ccc(N)cc2[nH]1)C1CC1. The number of fused-ring (bicyclic) bond motifs is 1. The Morgan fingerprint density at radius 2 is 2.27 bits per heavy atom. The van der Waals surface area contributed by atoms with E-state index in [0.717, 1.165) is 22.7 Å². The second kappa shape index (κ2) is 2.89. The molecule has 0 spiro atoms. The lowest BCUT2D eigenvalue weighted by Crippen LogP contribution is -2.20. The fourth-order valence-corrected chi connectivity index (χ4v) is 1.82. The highest BCUT2D eigenvalue weighted by atomic mass is 15.3. The molecule has 0 atom stereocenters. The summed E-state index contributed by atoms with van der Waals surface area (Å²) in [6.07, 6.45) is 2.55. The van der Waals surface area contributed by atoms with Crippen LogP contribution in [-0.4, -0.2) is 23.1 Å². The largest absolute Gasteiger partial charge is 0.399 e. The first kappa shape index (κ1) is 8.59. The van der Waals surface area contributed by atoms with E-state index in [0.29, 0.717) is 6.04 Å². The number of aromatic amines is 1. The molecule has 1 fully saturated rings. The Kier molecular flexibility index (Phi) is 1.65. The molecule has 1 heterocycles. The molecular weight excluding hydrogens is 188 g/mol. The summed E-state index contributed by atoms with van der Waals surface area (Å²) in [5.41, 5.74) is 8.48. The number of anilines is 2. The number of aromatic nitrogens is 2. The Bertz CT molecular complexity index is 498. The molecule has 4 nitrogen and oxygen atoms in total. The van der Waals surface area contributed by atoms with Crippen LogP contribution >= 0.6 is 0 Å². The number of nitrogens with two attached hydrogens (primary N) is 1. The zero-order valence-electron chi connectivity index (χ0n) is 8.70. The molecule has 0 unspecified atom stereocenters. The van der Waals surface area contributed by atoms with Crippen LogP contribution in [0, 0.1) is 0 Å². The van der Waals surface area contributed by atoms with Crippen LogP contribution in [0.15, 0.2) is 18.2 Å². The standard InChI is InChI=1S/C11H14N4/c1-15(8-3-4-8)11-13-9-5-2-7(12)6-10(9)14-11/h2,5-6,8H,3-4,12H2,1H3,(H,13,14). The van der Waals surface area contributed by atoms with E-state index in [1.165, 1.54) is 12.8 Å². The summed E-state index contributed by atoms with van der Waals surface area (Å²) < 4.78 is 0. The zero-order chi connectivity index (χ0) is 10.4. The molecule has 15 heavy (non-hydrogen) atoms. The minimum absolute atomic E-state index is 0.669. The third kappa shape index (κ3) is 1.42. The average Bonchev–Trinajstić information content (AvgIpc) is 2.97. The predicted molar refractivity (Wildman–Crippen MR) is 61.9 cm³/mol. The zero-order valence-corrected chi connectivity index (χ0v) is 8.70. The molecule has 3 N–H and O–H groups in total. The molecule has 0 saturated heterocycles. The molecule has 1 aliphatic carbocycles. The van der Waals surface area contributed by atoms with Crippen molar-refractivity contribution in [3.63, 3.8) is 0 Å². The maximum atomic E-state index is 5.72. The monoisotopic (exact) mass is 202 g/mol. The van der Waals surface area contributed by atoms with Gasteiger partial charge in [-0.05, 0) is 31.0 Å². The lowest BCUT2D eigenvalue weighted by molar-refractivity contribution is 0.879. The molecule has 78 valence electrons. The van der Waals surface area contributed by atoms with Gasteiger partial charge in [0.05, 0.1) is 11.0 Å². The number of rotatable bonds is 2. The number of nitrogens with zero attached hydrogens (tertiary/aromatic N) is 2. The fraction of sp³-hybridized carbons (Fsp3) is 0.364. The van der Waals surface area contributed by atoms with Crippen LogP contribution in [0.2, 0.25) is 0 Å². The first-order chi connectivity index (χ1) is 7.24. The van der Waals surface area contributed by atoms with Gasteiger partial charge >= 0.3 is 0 Å². The number of benzene rings is 1. The molecule has 0 radical (unpaired) electrons. The first-order valence-electron chi connectivity index (χ1n) is 5.22. The molecule has 0 aliphatic heterocycles. The van der Waals surface area contributed by atoms with Gasteiger partial charge in [-0.3, -0.25) is 0 Å². The highest BCUT2D eigenvalue weighted by Crippen LogP contribution is 2.29. The number of nitrogens with one attached hydrogen (secondary N) is 1. The van der Waals surface area contributed by atoms with Crippen LogP contribution in [-0.2, 0) is 0 Å². The highest BCUT2D eigenvalue weighted by molar-refractivity contribution is 5.80. The van der Waals surface area contributed by atoms with E-state index in [4.69, 9.17) is 5.73 Å². The summed E-state index contributed by atoms with van der Waals surface area (Å²) >= 11 is 0. The van der Waals surface area contributed by atoms with Crippen molar-refractivity contribution in [2.24, 2.45) is 0 Å². The van der Waals surface area contributed by atoms with Crippen LogP contribution in [0.25, 0.3) is 11.0 Å². The van der Waals surface area contributed by atoms with Gasteiger partial charge in [0.25, 0.3) is 0 Å². The first-order valence-corrected chi connectivity index (χ1v) is 5.22. The van der Waals surface area contributed by atoms with Crippen molar-refractivity contribution in [3.8, 4) is 0 Å². The van der Waals surface area contributed by atoms with E-state index in [-0.39, 0.29) is 0 Å². The Morgan fingerprint density at radius 1 is 1.47 bits per heavy atom. The van der Waals surface area contributed by atoms with E-state index in [9.17, 15) is 0 Å². The molecule has 1 aromatic carbocycles. The summed E-state index contributed by atoms with van der Waals surface area (Å²) in [5, 5.41) is 0. The van der Waals surface area contributed by atoms with Crippen molar-refractivity contribution in [1.29, 1.82) is 0 Å². The van der Waals surface area contributed by atoms with Gasteiger partial charge in [0.2, 0.25) is 5.95 Å². The molecule has 1 saturated carbocycles. The maximum Gasteiger partial charge on any atom is 0.203 e. The van der Waals surface area contributed by atoms with Crippen molar-refractivity contribution in [2.45, 2.75) is 18.9 Å². The predicted octanol–water partition coefficient (Wildman–Crippen LogP) is 1.74. The molecule has 4 heteroatoms. The minimum Gasteiger partial charge on any atom is -0.399 e. The van der Waals surface area contributed by atoms with Crippen molar-refractivity contribution in [1.82, 2.24) is 9.97 Å². The van der Waals surface area contributed by atoms with Gasteiger partial charge in [0.15, 0.2) is 0 Å². The second-order valence-corrected chi connectivity index (χ2v) is 4.18. The summed E-state index contributed by atoms with van der Waals surface area (Å²) in [6.45, 7) is 0. The van der Waals surface area contributed by atoms with E-state index in [1.54, 1.807) is 0 Å². The van der Waals surface area contributed by atoms with Gasteiger partial charge in [-0.2, -0.15) is 0 Å². The fourth-order valence-electron chi connectivity index (χ4n) is 1.82. The number of hydrogen-bond donors (Lipinski definition) is 2. The molecular formula is C11H14N4. The van der Waals surface area contributed by atoms with Crippen LogP contribution in [0.1, 0.15) is 12.8 Å². The van der Waals surface area contributed by atoms with Gasteiger partial charge in [0, 0.05) is 18.8 Å². The maximum absolute atomic E-state index is 5.72. The highest BCUT2D eigenvalue weighted by Gasteiger charge is 2.27. The number of H-pyrrole nitrogens is 1. The molecule has 0 bridgehead atoms. The van der Waals surface area contributed by atoms with E-state index < -0.39 is 0 Å². The van der Waals surface area contributed by atoms with Gasteiger partial charge < -0.3 is 15.6 Å². The van der Waals surface area contributed by atoms with Crippen LogP contribution in [0.4, 0.5) is 11.6 Å². The molecule has 1 aromatic heterocycles. The van der Waals surface area contributed by atoms with Gasteiger partial charge in [0.1, 0.15) is 0 Å². The van der Waals surface area contributed by atoms with Crippen molar-refractivity contribution < 1.29 is 0 Å². The van der Waals surface area contributed by atoms with Crippen molar-refractivity contribution in [2.75, 3.05) is 17.7 Å². The summed E-state index contributed by atoms with van der Waals surface area (Å²) in [7, 11) is 2.08. The van der Waals surface area contributed by atoms with E-state index in [1.807, 2.05) is 18.2 Å². The topological polar surface area (TPSA) is 57.9 Å². The van der Waals surface area contributed by atoms with Crippen molar-refractivity contribution >= 4 is 22.7 Å². The third-order valence-corrected chi connectivity index (χ3v) is 2.92. The summed E-state index contributed by atoms with van der Waals surface area (Å²) in [6, 6.07) is 6.42. The smallest absolute Gasteiger partial charge is 0.203 e. The Labute approximate surface area is 88.1 Å². The quantitative estimate of drug-likeness (QED) is 0.729. The lowest BCUT2D eigenvalue weighted by Gasteiger charge is -2.13. The van der Waals surface area contributed by atoms with Crippen LogP contribution in [0.3, 0.4) is 0 Å². The van der Waals surface area contributed by atoms with Crippen LogP contribution < -0.4 is 10.6 Å². The Balaban J connectivity index is 2.05. The van der Waals surface area contributed by atoms with E-state index in [2.05, 4.69) is 21.9 Å². The average molecular weight is 202 g/mol. The minimum atomic E-state index is 0.669. The third-order valence-electron chi connectivity index (χ3n) is 2.92. The second-order valence-electron chi connectivity index (χ2n) is 4.18. The number of nitrogen functional groups attached to an aromatic ring is 1. The number of hydrogen-bond acceptors (Lipinski definition) is 3. The van der Waals surface area contributed by atoms with Gasteiger partial charge in [-0.25, -0.2) is 4.98 Å². The molecule has 3 rings (SSSR count). The summed E-state index contributed by atoms with van der Waals surface area (Å²) in [4.78, 5) is 10.0. The Morgan fingerprint density at radius 3 is 3.00 bits per heavy atom. The molecule has 0 amide bonds. The van der Waals surface area contributed by atoms with E-state index >= 15 is 0 Å². The molecule has 2 aromatic rings. The van der Waals surface area contributed by atoms with Crippen molar-refractivity contribution in [3.05, 3.63) is 18.2 Å². The molecule has 1 aliphatic rings. The van der Waals surface area contributed by atoms with Gasteiger partial charge in [-0.15, -0.1) is 0 Å². The van der Waals surface area contributed by atoms with Crippen LogP contribution in [0.5, 0.6) is 0 Å². The normalized spacial score (nSPS) is 15.8. The summed E-state index contributed by atoms with van der Waals surface area (Å²) in [5.74, 6) is 0.943.